The minimum absolute atomic E-state index is 0.0155. The number of ether oxygens (including phenoxy) is 3. The highest BCUT2D eigenvalue weighted by atomic mass is 19.3. The van der Waals surface area contributed by atoms with Gasteiger partial charge in [-0.15, -0.1) is 0 Å². The third-order valence-electron chi connectivity index (χ3n) is 12.0. The number of halogens is 4. The summed E-state index contributed by atoms with van der Waals surface area (Å²) in [7, 11) is 4.68. The van der Waals surface area contributed by atoms with Crippen LogP contribution >= 0.6 is 0 Å². The summed E-state index contributed by atoms with van der Waals surface area (Å²) in [5, 5.41) is 4.95. The van der Waals surface area contributed by atoms with Crippen LogP contribution in [0.2, 0.25) is 0 Å². The predicted molar refractivity (Wildman–Crippen MR) is 215 cm³/mol. The van der Waals surface area contributed by atoms with Gasteiger partial charge in [0.1, 0.15) is 59.5 Å². The summed E-state index contributed by atoms with van der Waals surface area (Å²) in [5.41, 5.74) is 2.31. The maximum atomic E-state index is 15.4. The van der Waals surface area contributed by atoms with E-state index in [0.29, 0.717) is 39.2 Å². The zero-order valence-corrected chi connectivity index (χ0v) is 34.0. The van der Waals surface area contributed by atoms with E-state index in [2.05, 4.69) is 15.1 Å². The van der Waals surface area contributed by atoms with E-state index in [1.165, 1.54) is 64.3 Å². The molecule has 2 fully saturated rings. The zero-order valence-electron chi connectivity index (χ0n) is 34.0. The van der Waals surface area contributed by atoms with Crippen LogP contribution in [0.3, 0.4) is 0 Å². The van der Waals surface area contributed by atoms with Gasteiger partial charge in [0.15, 0.2) is 5.65 Å². The summed E-state index contributed by atoms with van der Waals surface area (Å²) in [6.07, 6.45) is 1.02. The van der Waals surface area contributed by atoms with E-state index in [0.717, 1.165) is 0 Å². The van der Waals surface area contributed by atoms with Crippen LogP contribution in [0.5, 0.6) is 11.8 Å². The number of methoxy groups -OCH3 is 1. The van der Waals surface area contributed by atoms with E-state index >= 15 is 13.2 Å². The van der Waals surface area contributed by atoms with Gasteiger partial charge in [0.05, 0.1) is 60.6 Å². The van der Waals surface area contributed by atoms with Crippen molar-refractivity contribution < 1.29 is 41.4 Å². The standard InChI is InChI=1S/C41H40F4N12O5/c1-21-48-29-12-23(43)11-26-28-7-8-46-40(49-28)62-24-14-31(37(58)53(3)17-25(60-4)19-54(21)34(26)29)55(18-24)35-27-16-47-57-30-6-5-22(42)13-33(30)61-10-9-52(2)38(59)32-15-41(44,45)20-56(32)39(50-35)51-36(27)57/h5-8,11-13,16,24-25,31-32H,9-10,14-15,17-20H2,1-4H3/t24-,25+,31-,32-/m0/s1. The number of rotatable bonds is 2. The quantitative estimate of drug-likeness (QED) is 0.232. The van der Waals surface area contributed by atoms with Crippen molar-refractivity contribution in [2.75, 3.05) is 63.8 Å². The Hall–Kier alpha value is -6.64. The molecule has 4 atom stereocenters. The number of likely N-dealkylation sites (N-methyl/N-ethyl adjacent to an activating group) is 2. The van der Waals surface area contributed by atoms with Crippen LogP contribution in [0.1, 0.15) is 18.7 Å². The van der Waals surface area contributed by atoms with Crippen LogP contribution < -0.4 is 19.3 Å². The normalized spacial score (nSPS) is 22.7. The largest absolute Gasteiger partial charge is 0.489 e. The van der Waals surface area contributed by atoms with Crippen LogP contribution in [0.25, 0.3) is 39.0 Å². The number of carbonyl (C=O) groups is 2. The molecule has 2 aromatic carbocycles. The molecule has 2 saturated heterocycles. The Morgan fingerprint density at radius 2 is 1.73 bits per heavy atom. The first-order valence-electron chi connectivity index (χ1n) is 20.0. The third kappa shape index (κ3) is 6.74. The summed E-state index contributed by atoms with van der Waals surface area (Å²) < 4.78 is 82.4. The number of aryl methyl sites for hydroxylation is 1. The zero-order chi connectivity index (χ0) is 43.2. The van der Waals surface area contributed by atoms with E-state index in [-0.39, 0.29) is 74.3 Å². The second-order valence-electron chi connectivity index (χ2n) is 16.1. The van der Waals surface area contributed by atoms with Gasteiger partial charge in [0.2, 0.25) is 17.8 Å². The number of benzene rings is 2. The molecular formula is C41H40F4N12O5. The number of alkyl halides is 2. The lowest BCUT2D eigenvalue weighted by Crippen LogP contribution is -2.48. The molecule has 8 heterocycles. The third-order valence-corrected chi connectivity index (χ3v) is 12.0. The summed E-state index contributed by atoms with van der Waals surface area (Å²) in [4.78, 5) is 57.8. The molecule has 17 nitrogen and oxygen atoms in total. The summed E-state index contributed by atoms with van der Waals surface area (Å²) in [6.45, 7) is 1.31. The number of amides is 2. The molecule has 0 aliphatic carbocycles. The number of nitrogens with zero attached hydrogens (tertiary/aromatic N) is 12. The molecule has 322 valence electrons. The Balaban J connectivity index is 1.13. The first kappa shape index (κ1) is 39.5. The highest BCUT2D eigenvalue weighted by Crippen LogP contribution is 2.40. The molecule has 2 amide bonds. The number of hydrogen-bond donors (Lipinski definition) is 0. The maximum absolute atomic E-state index is 15.4. The topological polar surface area (TPSA) is 162 Å². The van der Waals surface area contributed by atoms with Gasteiger partial charge in [-0.1, -0.05) is 0 Å². The van der Waals surface area contributed by atoms with E-state index in [1.807, 2.05) is 4.57 Å². The molecule has 6 bridgehead atoms. The van der Waals surface area contributed by atoms with Gasteiger partial charge >= 0.3 is 6.01 Å². The van der Waals surface area contributed by atoms with Crippen LogP contribution in [0.4, 0.5) is 29.3 Å². The van der Waals surface area contributed by atoms with Crippen molar-refractivity contribution in [2.45, 2.75) is 56.5 Å². The predicted octanol–water partition coefficient (Wildman–Crippen LogP) is 3.79. The lowest BCUT2D eigenvalue weighted by atomic mass is 10.1. The number of anilines is 2. The minimum atomic E-state index is -3.27. The van der Waals surface area contributed by atoms with Gasteiger partial charge in [-0.05, 0) is 31.2 Å². The van der Waals surface area contributed by atoms with Crippen LogP contribution in [0.15, 0.2) is 48.8 Å². The van der Waals surface area contributed by atoms with Gasteiger partial charge in [0, 0.05) is 64.5 Å². The van der Waals surface area contributed by atoms with E-state index in [9.17, 15) is 14.0 Å². The summed E-state index contributed by atoms with van der Waals surface area (Å²) in [5.74, 6) is -4.63. The Morgan fingerprint density at radius 3 is 2.55 bits per heavy atom. The van der Waals surface area contributed by atoms with Crippen molar-refractivity contribution in [1.29, 1.82) is 0 Å². The van der Waals surface area contributed by atoms with Crippen molar-refractivity contribution >= 4 is 45.6 Å². The first-order valence-corrected chi connectivity index (χ1v) is 20.0. The average Bonchev–Trinajstić information content (AvgIpc) is 4.01. The molecule has 4 aliphatic heterocycles. The van der Waals surface area contributed by atoms with E-state index in [4.69, 9.17) is 29.2 Å². The van der Waals surface area contributed by atoms with Gasteiger partial charge in [-0.2, -0.15) is 20.1 Å². The molecule has 4 aromatic heterocycles. The molecule has 4 aliphatic rings. The molecule has 62 heavy (non-hydrogen) atoms. The second kappa shape index (κ2) is 14.8. The number of imidazole rings is 1. The number of carbonyl (C=O) groups excluding carboxylic acids is 2. The minimum Gasteiger partial charge on any atom is -0.489 e. The van der Waals surface area contributed by atoms with Crippen molar-refractivity contribution in [3.63, 3.8) is 0 Å². The van der Waals surface area contributed by atoms with Gasteiger partial charge in [-0.25, -0.2) is 32.2 Å². The first-order chi connectivity index (χ1) is 29.7. The Morgan fingerprint density at radius 1 is 0.903 bits per heavy atom. The van der Waals surface area contributed by atoms with E-state index in [1.54, 1.807) is 36.9 Å². The molecule has 0 N–H and O–H groups in total. The SMILES string of the molecule is CO[C@@H]1CN(C)C(=O)[C@@H]2C[C@@H](CN2c2nc3nc4c2cnn4-c2ccc(F)cc2OCCN(C)C(=O)[C@@H]2CC(F)(F)CN32)Oc2nccc(n2)-c2cc(F)cc3nc(C)n(c23)C1. The second-order valence-corrected chi connectivity index (χ2v) is 16.1. The molecule has 0 radical (unpaired) electrons. The van der Waals surface area contributed by atoms with Crippen LogP contribution in [-0.4, -0.2) is 145 Å². The molecule has 6 aromatic rings. The molecule has 10 rings (SSSR count). The monoisotopic (exact) mass is 856 g/mol. The lowest BCUT2D eigenvalue weighted by Gasteiger charge is -2.31. The number of aromatic nitrogens is 8. The Kier molecular flexibility index (Phi) is 9.41. The molecule has 21 heteroatoms. The average molecular weight is 857 g/mol. The Bertz CT molecular complexity index is 2780. The van der Waals surface area contributed by atoms with Crippen molar-refractivity contribution in [3.8, 4) is 28.7 Å². The molecule has 0 saturated carbocycles. The van der Waals surface area contributed by atoms with Crippen molar-refractivity contribution in [2.24, 2.45) is 0 Å². The fourth-order valence-electron chi connectivity index (χ4n) is 8.97. The van der Waals surface area contributed by atoms with Crippen LogP contribution in [-0.2, 0) is 20.9 Å². The van der Waals surface area contributed by atoms with Gasteiger partial charge < -0.3 is 38.4 Å². The molecule has 0 spiro atoms. The molecule has 0 unspecified atom stereocenters. The van der Waals surface area contributed by atoms with Crippen molar-refractivity contribution in [3.05, 3.63) is 66.3 Å². The highest BCUT2D eigenvalue weighted by molar-refractivity contribution is 5.95. The van der Waals surface area contributed by atoms with E-state index < -0.39 is 60.7 Å². The van der Waals surface area contributed by atoms with Gasteiger partial charge in [0.25, 0.3) is 5.92 Å². The van der Waals surface area contributed by atoms with Gasteiger partial charge in [-0.3, -0.25) is 9.59 Å². The highest BCUT2D eigenvalue weighted by Gasteiger charge is 2.51. The fraction of sp³-hybridized carbons (Fsp3) is 0.415. The fourth-order valence-corrected chi connectivity index (χ4v) is 8.97. The number of hydrogen-bond acceptors (Lipinski definition) is 13. The van der Waals surface area contributed by atoms with Crippen molar-refractivity contribution in [1.82, 2.24) is 49.1 Å². The lowest BCUT2D eigenvalue weighted by molar-refractivity contribution is -0.133. The van der Waals surface area contributed by atoms with Crippen LogP contribution in [0, 0.1) is 18.6 Å². The Labute approximate surface area is 350 Å². The maximum Gasteiger partial charge on any atom is 0.317 e. The molecular weight excluding hydrogens is 817 g/mol. The summed E-state index contributed by atoms with van der Waals surface area (Å²) in [6, 6.07) is 5.93. The summed E-state index contributed by atoms with van der Waals surface area (Å²) >= 11 is 0. The smallest absolute Gasteiger partial charge is 0.317 e. The number of fused-ring (bicyclic) bond motifs is 10.